The number of fused-ring (bicyclic) bond motifs is 1. The molecule has 2 aromatic carbocycles. The normalized spacial score (nSPS) is 12.0. The monoisotopic (exact) mass is 368 g/mol. The summed E-state index contributed by atoms with van der Waals surface area (Å²) in [7, 11) is 1.56. The van der Waals surface area contributed by atoms with E-state index in [9.17, 15) is 4.79 Å². The van der Waals surface area contributed by atoms with Crippen LogP contribution >= 0.6 is 0 Å². The van der Waals surface area contributed by atoms with Crippen molar-refractivity contribution < 1.29 is 28.3 Å². The molecule has 0 atom stereocenters. The predicted molar refractivity (Wildman–Crippen MR) is 92.4 cm³/mol. The van der Waals surface area contributed by atoms with Crippen LogP contribution < -0.4 is 14.2 Å². The van der Waals surface area contributed by atoms with Gasteiger partial charge in [0.2, 0.25) is 12.6 Å². The summed E-state index contributed by atoms with van der Waals surface area (Å²) in [5.74, 6) is 2.11. The molecular weight excluding hydrogens is 352 g/mol. The molecule has 3 aromatic rings. The second kappa shape index (κ2) is 7.36. The molecule has 0 fully saturated rings. The molecule has 0 radical (unpaired) electrons. The average molecular weight is 368 g/mol. The van der Waals surface area contributed by atoms with Crippen molar-refractivity contribution in [1.29, 1.82) is 0 Å². The third-order valence-electron chi connectivity index (χ3n) is 3.98. The topological polar surface area (TPSA) is 92.9 Å². The Morgan fingerprint density at radius 1 is 1.15 bits per heavy atom. The van der Waals surface area contributed by atoms with Crippen molar-refractivity contribution in [1.82, 2.24) is 10.1 Å². The van der Waals surface area contributed by atoms with Crippen LogP contribution in [0.25, 0.3) is 11.4 Å². The lowest BCUT2D eigenvalue weighted by Crippen LogP contribution is -2.09. The van der Waals surface area contributed by atoms with E-state index < -0.39 is 5.97 Å². The van der Waals surface area contributed by atoms with E-state index in [1.165, 1.54) is 0 Å². The van der Waals surface area contributed by atoms with E-state index in [4.69, 9.17) is 23.5 Å². The predicted octanol–water partition coefficient (Wildman–Crippen LogP) is 2.76. The Labute approximate surface area is 154 Å². The Balaban J connectivity index is 1.37. The largest absolute Gasteiger partial charge is 0.496 e. The van der Waals surface area contributed by atoms with Crippen molar-refractivity contribution in [3.8, 4) is 28.6 Å². The van der Waals surface area contributed by atoms with Gasteiger partial charge in [0.15, 0.2) is 18.1 Å². The Kier molecular flexibility index (Phi) is 4.61. The number of methoxy groups -OCH3 is 1. The summed E-state index contributed by atoms with van der Waals surface area (Å²) >= 11 is 0. The van der Waals surface area contributed by atoms with Crippen LogP contribution in [0.5, 0.6) is 17.2 Å². The Bertz CT molecular complexity index is 968. The first-order valence-electron chi connectivity index (χ1n) is 8.23. The number of hydrogen-bond acceptors (Lipinski definition) is 8. The van der Waals surface area contributed by atoms with E-state index in [1.54, 1.807) is 31.4 Å². The van der Waals surface area contributed by atoms with Gasteiger partial charge >= 0.3 is 5.97 Å². The van der Waals surface area contributed by atoms with Gasteiger partial charge in [0.25, 0.3) is 5.89 Å². The number of hydrogen-bond donors (Lipinski definition) is 0. The van der Waals surface area contributed by atoms with Crippen molar-refractivity contribution in [3.63, 3.8) is 0 Å². The molecule has 8 heteroatoms. The smallest absolute Gasteiger partial charge is 0.310 e. The number of para-hydroxylation sites is 1. The van der Waals surface area contributed by atoms with Crippen LogP contribution in [0.3, 0.4) is 0 Å². The second-order valence-electron chi connectivity index (χ2n) is 5.73. The van der Waals surface area contributed by atoms with Crippen LogP contribution in [-0.2, 0) is 22.6 Å². The number of carbonyl (C=O) groups is 1. The molecule has 27 heavy (non-hydrogen) atoms. The molecule has 0 unspecified atom stereocenters. The van der Waals surface area contributed by atoms with E-state index >= 15 is 0 Å². The highest BCUT2D eigenvalue weighted by molar-refractivity contribution is 5.73. The lowest BCUT2D eigenvalue weighted by molar-refractivity contribution is -0.144. The Morgan fingerprint density at radius 2 is 2.00 bits per heavy atom. The molecule has 4 rings (SSSR count). The molecule has 8 nitrogen and oxygen atoms in total. The van der Waals surface area contributed by atoms with Gasteiger partial charge in [0, 0.05) is 11.1 Å². The summed E-state index contributed by atoms with van der Waals surface area (Å²) in [6.45, 7) is 0.0873. The zero-order valence-corrected chi connectivity index (χ0v) is 14.5. The second-order valence-corrected chi connectivity index (χ2v) is 5.73. The molecule has 138 valence electrons. The molecule has 0 amide bonds. The van der Waals surface area contributed by atoms with Crippen molar-refractivity contribution in [3.05, 3.63) is 53.9 Å². The number of carbonyl (C=O) groups excluding carboxylic acids is 1. The van der Waals surface area contributed by atoms with Gasteiger partial charge in [-0.1, -0.05) is 23.4 Å². The van der Waals surface area contributed by atoms with E-state index in [-0.39, 0.29) is 25.7 Å². The molecule has 0 spiro atoms. The molecular formula is C19H16N2O6. The lowest BCUT2D eigenvalue weighted by Gasteiger charge is -2.07. The highest BCUT2D eigenvalue weighted by Gasteiger charge is 2.17. The van der Waals surface area contributed by atoms with Crippen LogP contribution in [0, 0.1) is 0 Å². The van der Waals surface area contributed by atoms with Gasteiger partial charge in [-0.15, -0.1) is 0 Å². The average Bonchev–Trinajstić information content (AvgIpc) is 3.35. The standard InChI is InChI=1S/C19H16N2O6/c1-23-14-5-3-2-4-12(14)9-18(22)24-10-17-20-19(21-27-17)13-6-7-15-16(8-13)26-11-25-15/h2-8H,9-11H2,1H3. The first kappa shape index (κ1) is 16.9. The summed E-state index contributed by atoms with van der Waals surface area (Å²) in [4.78, 5) is 16.3. The number of rotatable bonds is 6. The van der Waals surface area contributed by atoms with E-state index in [1.807, 2.05) is 18.2 Å². The van der Waals surface area contributed by atoms with Crippen LogP contribution in [0.2, 0.25) is 0 Å². The fraction of sp³-hybridized carbons (Fsp3) is 0.211. The molecule has 1 aliphatic rings. The van der Waals surface area contributed by atoms with Crippen LogP contribution in [0.4, 0.5) is 0 Å². The Morgan fingerprint density at radius 3 is 2.89 bits per heavy atom. The number of esters is 1. The van der Waals surface area contributed by atoms with Gasteiger partial charge in [-0.2, -0.15) is 4.98 Å². The maximum Gasteiger partial charge on any atom is 0.310 e. The number of nitrogens with zero attached hydrogens (tertiary/aromatic N) is 2. The van der Waals surface area contributed by atoms with E-state index in [2.05, 4.69) is 10.1 Å². The van der Waals surface area contributed by atoms with Crippen molar-refractivity contribution in [2.24, 2.45) is 0 Å². The third kappa shape index (κ3) is 3.69. The van der Waals surface area contributed by atoms with Gasteiger partial charge in [-0.05, 0) is 24.3 Å². The lowest BCUT2D eigenvalue weighted by atomic mass is 10.1. The molecule has 0 saturated heterocycles. The van der Waals surface area contributed by atoms with Gasteiger partial charge in [0.1, 0.15) is 5.75 Å². The van der Waals surface area contributed by atoms with Crippen molar-refractivity contribution >= 4 is 5.97 Å². The maximum atomic E-state index is 12.1. The highest BCUT2D eigenvalue weighted by Crippen LogP contribution is 2.35. The SMILES string of the molecule is COc1ccccc1CC(=O)OCc1nc(-c2ccc3c(c2)OCO3)no1. The fourth-order valence-corrected chi connectivity index (χ4v) is 2.66. The van der Waals surface area contributed by atoms with Gasteiger partial charge < -0.3 is 23.5 Å². The first-order valence-corrected chi connectivity index (χ1v) is 8.23. The quantitative estimate of drug-likeness (QED) is 0.613. The molecule has 2 heterocycles. The zero-order valence-electron chi connectivity index (χ0n) is 14.5. The van der Waals surface area contributed by atoms with Gasteiger partial charge in [0.05, 0.1) is 13.5 Å². The minimum Gasteiger partial charge on any atom is -0.496 e. The highest BCUT2D eigenvalue weighted by atomic mass is 16.7. The van der Waals surface area contributed by atoms with Crippen LogP contribution in [-0.4, -0.2) is 30.0 Å². The molecule has 0 N–H and O–H groups in total. The summed E-state index contributed by atoms with van der Waals surface area (Å²) in [5, 5.41) is 3.91. The summed E-state index contributed by atoms with van der Waals surface area (Å²) < 4.78 is 26.2. The summed E-state index contributed by atoms with van der Waals surface area (Å²) in [5.41, 5.74) is 1.46. The molecule has 0 saturated carbocycles. The molecule has 0 bridgehead atoms. The van der Waals surface area contributed by atoms with Crippen LogP contribution in [0.1, 0.15) is 11.5 Å². The third-order valence-corrected chi connectivity index (χ3v) is 3.98. The van der Waals surface area contributed by atoms with Crippen molar-refractivity contribution in [2.75, 3.05) is 13.9 Å². The molecule has 1 aliphatic heterocycles. The first-order chi connectivity index (χ1) is 13.2. The molecule has 0 aliphatic carbocycles. The number of ether oxygens (including phenoxy) is 4. The molecule has 1 aromatic heterocycles. The van der Waals surface area contributed by atoms with Crippen molar-refractivity contribution in [2.45, 2.75) is 13.0 Å². The minimum absolute atomic E-state index is 0.0904. The van der Waals surface area contributed by atoms with E-state index in [0.29, 0.717) is 23.1 Å². The number of aromatic nitrogens is 2. The zero-order chi connectivity index (χ0) is 18.6. The maximum absolute atomic E-state index is 12.1. The van der Waals surface area contributed by atoms with Gasteiger partial charge in [-0.25, -0.2) is 0 Å². The number of benzene rings is 2. The van der Waals surface area contributed by atoms with Gasteiger partial charge in [-0.3, -0.25) is 4.79 Å². The van der Waals surface area contributed by atoms with E-state index in [0.717, 1.165) is 11.1 Å². The summed E-state index contributed by atoms with van der Waals surface area (Å²) in [6.07, 6.45) is 0.0904. The van der Waals surface area contributed by atoms with Crippen LogP contribution in [0.15, 0.2) is 47.0 Å². The minimum atomic E-state index is -0.415. The fourth-order valence-electron chi connectivity index (χ4n) is 2.66. The summed E-state index contributed by atoms with van der Waals surface area (Å²) in [6, 6.07) is 12.6. The Hall–Kier alpha value is -3.55.